The van der Waals surface area contributed by atoms with Crippen LogP contribution in [0.1, 0.15) is 46.7 Å². The van der Waals surface area contributed by atoms with E-state index in [4.69, 9.17) is 4.74 Å². The lowest BCUT2D eigenvalue weighted by atomic mass is 9.93. The van der Waals surface area contributed by atoms with Crippen LogP contribution in [0.3, 0.4) is 0 Å². The first-order valence-electron chi connectivity index (χ1n) is 12.6. The van der Waals surface area contributed by atoms with Gasteiger partial charge in [-0.2, -0.15) is 0 Å². The molecule has 2 fully saturated rings. The van der Waals surface area contributed by atoms with Gasteiger partial charge in [0.15, 0.2) is 0 Å². The molecule has 1 saturated carbocycles. The molecule has 186 valence electrons. The lowest BCUT2D eigenvalue weighted by molar-refractivity contribution is 0.0342. The fourth-order valence-corrected chi connectivity index (χ4v) is 4.41. The van der Waals surface area contributed by atoms with Gasteiger partial charge in [0, 0.05) is 55.7 Å². The number of morpholine rings is 1. The van der Waals surface area contributed by atoms with Crippen molar-refractivity contribution in [2.75, 3.05) is 32.8 Å². The molecule has 5 rings (SSSR count). The highest BCUT2D eigenvalue weighted by atomic mass is 16.5. The summed E-state index contributed by atoms with van der Waals surface area (Å²) < 4.78 is 5.42. The average molecular weight is 485 g/mol. The quantitative estimate of drug-likeness (QED) is 0.426. The molecular formula is C29H32N4O3. The summed E-state index contributed by atoms with van der Waals surface area (Å²) in [6.07, 6.45) is 4.22. The van der Waals surface area contributed by atoms with Gasteiger partial charge in [-0.05, 0) is 48.2 Å². The minimum atomic E-state index is -0.506. The summed E-state index contributed by atoms with van der Waals surface area (Å²) in [5, 5.41) is 13.7. The highest BCUT2D eigenvalue weighted by molar-refractivity contribution is 5.44. The number of aromatic nitrogens is 2. The van der Waals surface area contributed by atoms with Gasteiger partial charge in [-0.1, -0.05) is 36.1 Å². The first kappa shape index (κ1) is 24.3. The summed E-state index contributed by atoms with van der Waals surface area (Å²) in [6.45, 7) is 5.30. The standard InChI is InChI=1S/C29H32N4O3/c34-28-27(31-20-32-29(28)35)17-25(18-30-26-11-12-26)24-9-7-22(8-10-24)2-1-21-3-5-23(6-4-21)19-33-13-15-36-16-14-33/h3-10,20,25-26,30,34H,11-19H2,(H,31,32,35). The lowest BCUT2D eigenvalue weighted by Gasteiger charge is -2.26. The molecule has 36 heavy (non-hydrogen) atoms. The molecular weight excluding hydrogens is 452 g/mol. The minimum absolute atomic E-state index is 0.0896. The number of rotatable bonds is 8. The van der Waals surface area contributed by atoms with Gasteiger partial charge in [0.2, 0.25) is 5.75 Å². The molecule has 0 amide bonds. The molecule has 0 radical (unpaired) electrons. The van der Waals surface area contributed by atoms with Crippen molar-refractivity contribution in [2.45, 2.75) is 37.8 Å². The second kappa shape index (κ2) is 11.5. The molecule has 3 aromatic rings. The van der Waals surface area contributed by atoms with Gasteiger partial charge in [0.25, 0.3) is 5.56 Å². The maximum absolute atomic E-state index is 11.8. The fourth-order valence-electron chi connectivity index (χ4n) is 4.41. The van der Waals surface area contributed by atoms with Gasteiger partial charge >= 0.3 is 0 Å². The molecule has 7 heteroatoms. The molecule has 1 unspecified atom stereocenters. The van der Waals surface area contributed by atoms with Crippen LogP contribution in [0.25, 0.3) is 0 Å². The van der Waals surface area contributed by atoms with E-state index in [-0.39, 0.29) is 11.7 Å². The van der Waals surface area contributed by atoms with Crippen LogP contribution < -0.4 is 10.9 Å². The van der Waals surface area contributed by atoms with Gasteiger partial charge in [0.1, 0.15) is 0 Å². The minimum Gasteiger partial charge on any atom is -0.502 e. The number of aromatic amines is 1. The molecule has 2 aliphatic rings. The molecule has 7 nitrogen and oxygen atoms in total. The Labute approximate surface area is 211 Å². The van der Waals surface area contributed by atoms with Gasteiger partial charge in [-0.15, -0.1) is 0 Å². The summed E-state index contributed by atoms with van der Waals surface area (Å²) in [7, 11) is 0. The molecule has 2 aromatic carbocycles. The Bertz CT molecular complexity index is 1260. The molecule has 3 N–H and O–H groups in total. The van der Waals surface area contributed by atoms with Crippen molar-refractivity contribution in [1.82, 2.24) is 20.2 Å². The zero-order chi connectivity index (χ0) is 24.7. The van der Waals surface area contributed by atoms with Crippen LogP contribution in [0.15, 0.2) is 59.7 Å². The molecule has 0 spiro atoms. The Morgan fingerprint density at radius 2 is 1.72 bits per heavy atom. The van der Waals surface area contributed by atoms with E-state index in [2.05, 4.69) is 68.4 Å². The van der Waals surface area contributed by atoms with Gasteiger partial charge in [-0.25, -0.2) is 4.98 Å². The van der Waals surface area contributed by atoms with Gasteiger partial charge in [0.05, 0.1) is 25.2 Å². The van der Waals surface area contributed by atoms with Crippen LogP contribution in [0.2, 0.25) is 0 Å². The topological polar surface area (TPSA) is 90.5 Å². The van der Waals surface area contributed by atoms with E-state index < -0.39 is 5.56 Å². The maximum atomic E-state index is 11.8. The maximum Gasteiger partial charge on any atom is 0.293 e. The molecule has 1 aliphatic heterocycles. The first-order valence-corrected chi connectivity index (χ1v) is 12.6. The van der Waals surface area contributed by atoms with Crippen LogP contribution in [0, 0.1) is 11.8 Å². The van der Waals surface area contributed by atoms with Crippen molar-refractivity contribution in [3.8, 4) is 17.6 Å². The van der Waals surface area contributed by atoms with E-state index in [1.165, 1.54) is 24.7 Å². The van der Waals surface area contributed by atoms with Crippen molar-refractivity contribution >= 4 is 0 Å². The Morgan fingerprint density at radius 1 is 1.06 bits per heavy atom. The Morgan fingerprint density at radius 3 is 2.39 bits per heavy atom. The molecule has 0 bridgehead atoms. The van der Waals surface area contributed by atoms with E-state index >= 15 is 0 Å². The number of hydrogen-bond donors (Lipinski definition) is 3. The molecule has 1 saturated heterocycles. The van der Waals surface area contributed by atoms with Crippen molar-refractivity contribution in [3.05, 3.63) is 93.2 Å². The largest absolute Gasteiger partial charge is 0.502 e. The van der Waals surface area contributed by atoms with Crippen LogP contribution in [0.4, 0.5) is 0 Å². The zero-order valence-electron chi connectivity index (χ0n) is 20.4. The van der Waals surface area contributed by atoms with Crippen LogP contribution in [0.5, 0.6) is 5.75 Å². The fraction of sp³-hybridized carbons (Fsp3) is 0.379. The zero-order valence-corrected chi connectivity index (χ0v) is 20.4. The summed E-state index contributed by atoms with van der Waals surface area (Å²) in [6, 6.07) is 17.3. The third-order valence-corrected chi connectivity index (χ3v) is 6.77. The van der Waals surface area contributed by atoms with E-state index in [0.717, 1.165) is 56.1 Å². The number of aromatic hydroxyl groups is 1. The van der Waals surface area contributed by atoms with Crippen molar-refractivity contribution in [3.63, 3.8) is 0 Å². The third-order valence-electron chi connectivity index (χ3n) is 6.77. The Hall–Kier alpha value is -3.44. The predicted octanol–water partition coefficient (Wildman–Crippen LogP) is 2.79. The molecule has 1 atom stereocenters. The summed E-state index contributed by atoms with van der Waals surface area (Å²) >= 11 is 0. The second-order valence-electron chi connectivity index (χ2n) is 9.57. The van der Waals surface area contributed by atoms with Crippen LogP contribution in [-0.2, 0) is 17.7 Å². The Kier molecular flexibility index (Phi) is 7.77. The van der Waals surface area contributed by atoms with Gasteiger partial charge < -0.3 is 20.1 Å². The number of ether oxygens (including phenoxy) is 1. The van der Waals surface area contributed by atoms with E-state index in [0.29, 0.717) is 18.2 Å². The van der Waals surface area contributed by atoms with E-state index in [1.54, 1.807) is 0 Å². The monoisotopic (exact) mass is 484 g/mol. The van der Waals surface area contributed by atoms with Crippen LogP contribution >= 0.6 is 0 Å². The molecule has 1 aliphatic carbocycles. The van der Waals surface area contributed by atoms with E-state index in [1.807, 2.05) is 12.1 Å². The number of nitrogens with zero attached hydrogens (tertiary/aromatic N) is 2. The number of H-pyrrole nitrogens is 1. The smallest absolute Gasteiger partial charge is 0.293 e. The predicted molar refractivity (Wildman–Crippen MR) is 139 cm³/mol. The van der Waals surface area contributed by atoms with Crippen molar-refractivity contribution < 1.29 is 9.84 Å². The lowest BCUT2D eigenvalue weighted by Crippen LogP contribution is -2.35. The summed E-state index contributed by atoms with van der Waals surface area (Å²) in [4.78, 5) is 20.8. The van der Waals surface area contributed by atoms with Crippen LogP contribution in [-0.4, -0.2) is 58.9 Å². The summed E-state index contributed by atoms with van der Waals surface area (Å²) in [5.41, 5.74) is 4.27. The molecule has 1 aromatic heterocycles. The van der Waals surface area contributed by atoms with Crippen molar-refractivity contribution in [2.24, 2.45) is 0 Å². The second-order valence-corrected chi connectivity index (χ2v) is 9.57. The highest BCUT2D eigenvalue weighted by Crippen LogP contribution is 2.25. The van der Waals surface area contributed by atoms with E-state index in [9.17, 15) is 9.90 Å². The normalized spacial score (nSPS) is 16.8. The number of hydrogen-bond acceptors (Lipinski definition) is 6. The SMILES string of the molecule is O=c1[nH]cnc(CC(CNC2CC2)c2ccc(C#Cc3ccc(CN4CCOCC4)cc3)cc2)c1O. The molecule has 2 heterocycles. The van der Waals surface area contributed by atoms with Gasteiger partial charge in [-0.3, -0.25) is 9.69 Å². The third kappa shape index (κ3) is 6.61. The Balaban J connectivity index is 1.24. The number of nitrogens with one attached hydrogen (secondary N) is 2. The summed E-state index contributed by atoms with van der Waals surface area (Å²) in [5.74, 6) is 6.32. The number of benzene rings is 2. The van der Waals surface area contributed by atoms with Crippen molar-refractivity contribution in [1.29, 1.82) is 0 Å². The first-order chi connectivity index (χ1) is 17.6. The average Bonchev–Trinajstić information content (AvgIpc) is 3.74. The highest BCUT2D eigenvalue weighted by Gasteiger charge is 2.24.